The number of rotatable bonds is 6. The van der Waals surface area contributed by atoms with Crippen LogP contribution in [0.5, 0.6) is 0 Å². The molecule has 0 saturated carbocycles. The zero-order valence-electron chi connectivity index (χ0n) is 28.3. The minimum Gasteiger partial charge on any atom is -0.299 e. The highest BCUT2D eigenvalue weighted by molar-refractivity contribution is 5.94. The second kappa shape index (κ2) is 9.12. The van der Waals surface area contributed by atoms with Crippen LogP contribution < -0.4 is 0 Å². The van der Waals surface area contributed by atoms with Gasteiger partial charge in [-0.3, -0.25) is 14.4 Å². The van der Waals surface area contributed by atoms with E-state index >= 15 is 0 Å². The first kappa shape index (κ1) is 30.7. The number of Topliss-reactive ketones (excluding diaryl/α,β-unsaturated/α-hetero) is 3. The van der Waals surface area contributed by atoms with Crippen LogP contribution in [0.1, 0.15) is 122 Å². The number of carbonyl (C=O) groups is 3. The van der Waals surface area contributed by atoms with Crippen LogP contribution in [0.3, 0.4) is 0 Å². The SMILES string of the molecule is CC(C)(C)C(=O)CC12c3ccccc3C3(CC(=O)C(C)(C)C)c4ccccc4C(CC(=O)C(C)(C)C)(c4ccccc41)C23C. The number of carbonyl (C=O) groups excluding carboxylic acids is 3. The fourth-order valence-corrected chi connectivity index (χ4v) is 9.45. The van der Waals surface area contributed by atoms with Gasteiger partial charge in [0.2, 0.25) is 0 Å². The molecule has 0 radical (unpaired) electrons. The van der Waals surface area contributed by atoms with Gasteiger partial charge in [0.25, 0.3) is 0 Å². The van der Waals surface area contributed by atoms with Gasteiger partial charge in [0.15, 0.2) is 0 Å². The molecule has 3 aliphatic rings. The lowest BCUT2D eigenvalue weighted by atomic mass is 9.46. The maximum Gasteiger partial charge on any atom is 0.139 e. The molecule has 44 heavy (non-hydrogen) atoms. The van der Waals surface area contributed by atoms with Crippen LogP contribution in [-0.4, -0.2) is 17.3 Å². The van der Waals surface area contributed by atoms with Crippen molar-refractivity contribution in [3.8, 4) is 0 Å². The van der Waals surface area contributed by atoms with E-state index in [0.717, 1.165) is 33.4 Å². The Kier molecular flexibility index (Phi) is 6.36. The van der Waals surface area contributed by atoms with Crippen molar-refractivity contribution in [1.29, 1.82) is 0 Å². The Morgan fingerprint density at radius 1 is 0.432 bits per heavy atom. The summed E-state index contributed by atoms with van der Waals surface area (Å²) in [6, 6.07) is 25.7. The van der Waals surface area contributed by atoms with E-state index in [0.29, 0.717) is 19.3 Å². The average molecular weight is 589 g/mol. The zero-order valence-corrected chi connectivity index (χ0v) is 28.3. The van der Waals surface area contributed by atoms with E-state index in [1.165, 1.54) is 0 Å². The molecule has 3 aromatic carbocycles. The molecule has 3 heteroatoms. The molecule has 0 aromatic heterocycles. The number of benzene rings is 3. The van der Waals surface area contributed by atoms with Crippen molar-refractivity contribution in [2.45, 2.75) is 105 Å². The third-order valence-electron chi connectivity index (χ3n) is 11.9. The molecule has 230 valence electrons. The summed E-state index contributed by atoms with van der Waals surface area (Å²) < 4.78 is 0. The average Bonchev–Trinajstić information content (AvgIpc) is 3.34. The van der Waals surface area contributed by atoms with Crippen LogP contribution in [0.4, 0.5) is 0 Å². The molecule has 3 nitrogen and oxygen atoms in total. The fourth-order valence-electron chi connectivity index (χ4n) is 9.45. The van der Waals surface area contributed by atoms with E-state index in [1.54, 1.807) is 0 Å². The van der Waals surface area contributed by atoms with Crippen LogP contribution >= 0.6 is 0 Å². The Bertz CT molecular complexity index is 1440. The summed E-state index contributed by atoms with van der Waals surface area (Å²) in [7, 11) is 0. The van der Waals surface area contributed by atoms with Gasteiger partial charge in [0.1, 0.15) is 17.3 Å². The molecule has 3 aliphatic carbocycles. The van der Waals surface area contributed by atoms with Crippen LogP contribution in [0.2, 0.25) is 0 Å². The van der Waals surface area contributed by atoms with E-state index in [2.05, 4.69) is 79.7 Å². The van der Waals surface area contributed by atoms with Crippen molar-refractivity contribution in [3.05, 3.63) is 106 Å². The van der Waals surface area contributed by atoms with Crippen molar-refractivity contribution >= 4 is 17.3 Å². The Balaban J connectivity index is 1.85. The summed E-state index contributed by atoms with van der Waals surface area (Å²) in [6.45, 7) is 20.4. The molecule has 0 spiro atoms. The molecule has 0 saturated heterocycles. The van der Waals surface area contributed by atoms with Gasteiger partial charge in [-0.25, -0.2) is 0 Å². The van der Waals surface area contributed by atoms with E-state index in [4.69, 9.17) is 0 Å². The smallest absolute Gasteiger partial charge is 0.139 e. The monoisotopic (exact) mass is 588 g/mol. The largest absolute Gasteiger partial charge is 0.299 e. The molecule has 0 bridgehead atoms. The summed E-state index contributed by atoms with van der Waals surface area (Å²) in [5.74, 6) is 0.570. The normalized spacial score (nSPS) is 28.2. The summed E-state index contributed by atoms with van der Waals surface area (Å²) >= 11 is 0. The minimum absolute atomic E-state index is 0.190. The molecule has 0 unspecified atom stereocenters. The van der Waals surface area contributed by atoms with Gasteiger partial charge >= 0.3 is 0 Å². The van der Waals surface area contributed by atoms with Crippen molar-refractivity contribution in [3.63, 3.8) is 0 Å². The standard InChI is InChI=1S/C41H48O3/c1-35(2,3)32(42)23-39-26-17-11-13-19-28(26)40(24-33(43)36(4,5)6)30-21-15-16-22-31(30)41(38(39,40)10,25-34(44)37(7,8)9)29-20-14-12-18-27(29)39/h11-22H,23-25H2,1-10H3. The molecular weight excluding hydrogens is 540 g/mol. The molecule has 3 aromatic rings. The predicted molar refractivity (Wildman–Crippen MR) is 177 cm³/mol. The Hall–Kier alpha value is -3.33. The van der Waals surface area contributed by atoms with Crippen molar-refractivity contribution in [1.82, 2.24) is 0 Å². The van der Waals surface area contributed by atoms with Gasteiger partial charge in [0.05, 0.1) is 0 Å². The van der Waals surface area contributed by atoms with Gasteiger partial charge in [-0.2, -0.15) is 0 Å². The van der Waals surface area contributed by atoms with Crippen LogP contribution in [-0.2, 0) is 30.6 Å². The van der Waals surface area contributed by atoms with Crippen molar-refractivity contribution < 1.29 is 14.4 Å². The van der Waals surface area contributed by atoms with E-state index < -0.39 is 37.9 Å². The highest BCUT2D eigenvalue weighted by atomic mass is 16.1. The molecule has 0 aliphatic heterocycles. The molecule has 0 fully saturated rings. The summed E-state index contributed by atoms with van der Waals surface area (Å²) in [5, 5.41) is 0. The predicted octanol–water partition coefficient (Wildman–Crippen LogP) is 8.91. The van der Waals surface area contributed by atoms with E-state index in [9.17, 15) is 14.4 Å². The number of hydrogen-bond acceptors (Lipinski definition) is 3. The van der Waals surface area contributed by atoms with Crippen LogP contribution in [0, 0.1) is 21.7 Å². The minimum atomic E-state index is -0.736. The van der Waals surface area contributed by atoms with Gasteiger partial charge in [-0.05, 0) is 33.4 Å². The van der Waals surface area contributed by atoms with Gasteiger partial charge in [-0.1, -0.05) is 142 Å². The molecular formula is C41H48O3. The summed E-state index contributed by atoms with van der Waals surface area (Å²) in [6.07, 6.45) is 0.934. The fraction of sp³-hybridized carbons (Fsp3) is 0.488. The van der Waals surface area contributed by atoms with Gasteiger partial charge < -0.3 is 0 Å². The second-order valence-corrected chi connectivity index (χ2v) is 17.0. The first-order chi connectivity index (χ1) is 20.3. The third kappa shape index (κ3) is 3.47. The van der Waals surface area contributed by atoms with Crippen molar-refractivity contribution in [2.75, 3.05) is 0 Å². The lowest BCUT2D eigenvalue weighted by Gasteiger charge is -2.53. The Morgan fingerprint density at radius 2 is 0.614 bits per heavy atom. The van der Waals surface area contributed by atoms with Crippen LogP contribution in [0.25, 0.3) is 0 Å². The summed E-state index contributed by atoms with van der Waals surface area (Å²) in [4.78, 5) is 43.4. The maximum absolute atomic E-state index is 14.5. The van der Waals surface area contributed by atoms with E-state index in [1.807, 2.05) is 62.3 Å². The number of hydrogen-bond donors (Lipinski definition) is 0. The third-order valence-corrected chi connectivity index (χ3v) is 11.9. The molecule has 0 amide bonds. The van der Waals surface area contributed by atoms with Gasteiger partial charge in [-0.15, -0.1) is 0 Å². The Morgan fingerprint density at radius 3 is 0.773 bits per heavy atom. The molecule has 6 rings (SSSR count). The molecule has 0 atom stereocenters. The molecule has 0 heterocycles. The number of ketones is 3. The topological polar surface area (TPSA) is 51.2 Å². The first-order valence-electron chi connectivity index (χ1n) is 16.2. The second-order valence-electron chi connectivity index (χ2n) is 17.0. The first-order valence-corrected chi connectivity index (χ1v) is 16.2. The van der Waals surface area contributed by atoms with Gasteiger partial charge in [0, 0.05) is 57.2 Å². The van der Waals surface area contributed by atoms with Crippen molar-refractivity contribution in [2.24, 2.45) is 21.7 Å². The number of fused-ring (bicyclic) bond motifs is 9. The van der Waals surface area contributed by atoms with E-state index in [-0.39, 0.29) is 17.3 Å². The highest BCUT2D eigenvalue weighted by Crippen LogP contribution is 2.85. The summed E-state index contributed by atoms with van der Waals surface area (Å²) in [5.41, 5.74) is 2.21. The zero-order chi connectivity index (χ0) is 32.3. The quantitative estimate of drug-likeness (QED) is 0.289. The highest BCUT2D eigenvalue weighted by Gasteiger charge is 2.84. The molecule has 0 N–H and O–H groups in total. The lowest BCUT2D eigenvalue weighted by molar-refractivity contribution is -0.131. The maximum atomic E-state index is 14.5. The van der Waals surface area contributed by atoms with Crippen LogP contribution in [0.15, 0.2) is 72.8 Å². The Labute approximate surface area is 263 Å². The lowest BCUT2D eigenvalue weighted by Crippen LogP contribution is -2.57.